The van der Waals surface area contributed by atoms with Crippen LogP contribution in [-0.4, -0.2) is 25.4 Å². The van der Waals surface area contributed by atoms with Crippen molar-refractivity contribution in [2.24, 2.45) is 7.05 Å². The lowest BCUT2D eigenvalue weighted by Gasteiger charge is -2.35. The molecule has 19 heavy (non-hydrogen) atoms. The summed E-state index contributed by atoms with van der Waals surface area (Å²) in [6.07, 6.45) is 5.92. The zero-order valence-electron chi connectivity index (χ0n) is 10.8. The Balaban J connectivity index is 2.38. The van der Waals surface area contributed by atoms with Crippen molar-refractivity contribution >= 4 is 22.9 Å². The van der Waals surface area contributed by atoms with E-state index < -0.39 is 5.54 Å². The molecule has 7 heteroatoms. The Morgan fingerprint density at radius 1 is 1.53 bits per heavy atom. The molecule has 0 radical (unpaired) electrons. The first-order valence-corrected chi connectivity index (χ1v) is 7.25. The van der Waals surface area contributed by atoms with Gasteiger partial charge < -0.3 is 0 Å². The first-order valence-electron chi connectivity index (χ1n) is 6.03. The second-order valence-electron chi connectivity index (χ2n) is 4.74. The number of fused-ring (bicyclic) bond motifs is 1. The second kappa shape index (κ2) is 4.10. The minimum atomic E-state index is -0.722. The molecule has 1 fully saturated rings. The van der Waals surface area contributed by atoms with E-state index in [2.05, 4.69) is 16.0 Å². The van der Waals surface area contributed by atoms with Crippen LogP contribution in [0.1, 0.15) is 19.3 Å². The summed E-state index contributed by atoms with van der Waals surface area (Å²) < 4.78 is 3.06. The Morgan fingerprint density at radius 2 is 2.26 bits per heavy atom. The molecular formula is C12H13N5OS. The topological polar surface area (TPSA) is 76.5 Å². The van der Waals surface area contributed by atoms with Gasteiger partial charge in [0.1, 0.15) is 11.1 Å². The Labute approximate surface area is 114 Å². The van der Waals surface area contributed by atoms with Crippen LogP contribution in [0.15, 0.2) is 16.1 Å². The van der Waals surface area contributed by atoms with Gasteiger partial charge in [-0.15, -0.1) is 0 Å². The molecule has 0 N–H and O–H groups in total. The number of hydrogen-bond donors (Lipinski definition) is 0. The Morgan fingerprint density at radius 3 is 2.79 bits per heavy atom. The van der Waals surface area contributed by atoms with Crippen LogP contribution in [0.4, 0.5) is 0 Å². The van der Waals surface area contributed by atoms with Gasteiger partial charge >= 0.3 is 5.69 Å². The zero-order chi connectivity index (χ0) is 13.6. The minimum absolute atomic E-state index is 0.191. The van der Waals surface area contributed by atoms with Crippen LogP contribution in [0.3, 0.4) is 0 Å². The maximum atomic E-state index is 12.4. The Bertz CT molecular complexity index is 750. The van der Waals surface area contributed by atoms with Gasteiger partial charge in [-0.3, -0.25) is 9.13 Å². The quantitative estimate of drug-likeness (QED) is 0.609. The molecule has 1 saturated carbocycles. The number of nitrogens with zero attached hydrogens (tertiary/aromatic N) is 5. The van der Waals surface area contributed by atoms with Gasteiger partial charge in [-0.1, -0.05) is 11.8 Å². The van der Waals surface area contributed by atoms with Gasteiger partial charge in [0.25, 0.3) is 0 Å². The highest BCUT2D eigenvalue weighted by Crippen LogP contribution is 2.39. The number of aryl methyl sites for hydroxylation is 1. The minimum Gasteiger partial charge on any atom is -0.292 e. The molecule has 2 heterocycles. The molecule has 1 aliphatic carbocycles. The number of hydrogen-bond acceptors (Lipinski definition) is 5. The van der Waals surface area contributed by atoms with Gasteiger partial charge in [-0.25, -0.2) is 14.8 Å². The van der Waals surface area contributed by atoms with Crippen molar-refractivity contribution in [2.45, 2.75) is 30.0 Å². The third kappa shape index (κ3) is 1.53. The Kier molecular flexibility index (Phi) is 2.64. The average molecular weight is 275 g/mol. The van der Waals surface area contributed by atoms with Crippen LogP contribution in [-0.2, 0) is 12.6 Å². The van der Waals surface area contributed by atoms with E-state index in [0.29, 0.717) is 29.2 Å². The second-order valence-corrected chi connectivity index (χ2v) is 5.51. The molecule has 0 spiro atoms. The van der Waals surface area contributed by atoms with E-state index >= 15 is 0 Å². The summed E-state index contributed by atoms with van der Waals surface area (Å²) in [4.78, 5) is 21.0. The molecule has 1 aliphatic rings. The summed E-state index contributed by atoms with van der Waals surface area (Å²) in [5, 5.41) is 10.1. The third-order valence-corrected chi connectivity index (χ3v) is 4.34. The Hall–Kier alpha value is -1.81. The van der Waals surface area contributed by atoms with Gasteiger partial charge in [0, 0.05) is 7.05 Å². The molecule has 0 aliphatic heterocycles. The standard InChI is InChI=1S/C12H13N5OS/c1-16-8-6-14-10(19-2)15-9(8)17(11(16)18)12(7-13)4-3-5-12/h6H,3-5H2,1-2H3. The third-order valence-electron chi connectivity index (χ3n) is 3.78. The highest BCUT2D eigenvalue weighted by molar-refractivity contribution is 7.98. The van der Waals surface area contributed by atoms with E-state index in [1.807, 2.05) is 6.26 Å². The van der Waals surface area contributed by atoms with Crippen molar-refractivity contribution in [3.8, 4) is 6.07 Å². The first-order chi connectivity index (χ1) is 9.13. The largest absolute Gasteiger partial charge is 0.331 e. The van der Waals surface area contributed by atoms with E-state index in [1.165, 1.54) is 16.3 Å². The van der Waals surface area contributed by atoms with Crippen LogP contribution in [0.5, 0.6) is 0 Å². The SMILES string of the molecule is CSc1ncc2c(n1)n(C1(C#N)CCC1)c(=O)n2C. The molecule has 0 saturated heterocycles. The summed E-state index contributed by atoms with van der Waals surface area (Å²) in [6, 6.07) is 2.30. The van der Waals surface area contributed by atoms with Crippen LogP contribution < -0.4 is 5.69 Å². The normalized spacial score (nSPS) is 17.1. The highest BCUT2D eigenvalue weighted by atomic mass is 32.2. The first kappa shape index (κ1) is 12.2. The predicted molar refractivity (Wildman–Crippen MR) is 72.0 cm³/mol. The molecule has 0 unspecified atom stereocenters. The molecule has 0 aromatic carbocycles. The summed E-state index contributed by atoms with van der Waals surface area (Å²) in [7, 11) is 1.69. The summed E-state index contributed by atoms with van der Waals surface area (Å²) in [5.74, 6) is 0. The van der Waals surface area contributed by atoms with Crippen molar-refractivity contribution in [2.75, 3.05) is 6.26 Å². The monoisotopic (exact) mass is 275 g/mol. The molecule has 0 amide bonds. The van der Waals surface area contributed by atoms with Crippen molar-refractivity contribution < 1.29 is 0 Å². The predicted octanol–water partition coefficient (Wildman–Crippen LogP) is 1.25. The van der Waals surface area contributed by atoms with Crippen LogP contribution in [0.2, 0.25) is 0 Å². The van der Waals surface area contributed by atoms with Gasteiger partial charge in [-0.2, -0.15) is 5.26 Å². The van der Waals surface area contributed by atoms with Crippen LogP contribution >= 0.6 is 11.8 Å². The van der Waals surface area contributed by atoms with Gasteiger partial charge in [0.2, 0.25) is 0 Å². The van der Waals surface area contributed by atoms with Crippen molar-refractivity contribution in [3.63, 3.8) is 0 Å². The van der Waals surface area contributed by atoms with Crippen molar-refractivity contribution in [1.82, 2.24) is 19.1 Å². The molecule has 98 valence electrons. The number of imidazole rings is 1. The van der Waals surface area contributed by atoms with Crippen molar-refractivity contribution in [1.29, 1.82) is 5.26 Å². The maximum Gasteiger partial charge on any atom is 0.331 e. The van der Waals surface area contributed by atoms with E-state index in [1.54, 1.807) is 17.8 Å². The number of aromatic nitrogens is 4. The van der Waals surface area contributed by atoms with Crippen molar-refractivity contribution in [3.05, 3.63) is 16.7 Å². The molecule has 2 aromatic rings. The summed E-state index contributed by atoms with van der Waals surface area (Å²) in [5.41, 5.74) is 0.321. The molecule has 6 nitrogen and oxygen atoms in total. The number of thioether (sulfide) groups is 1. The fourth-order valence-electron chi connectivity index (χ4n) is 2.48. The lowest BCUT2D eigenvalue weighted by atomic mass is 9.78. The van der Waals surface area contributed by atoms with Crippen LogP contribution in [0.25, 0.3) is 11.2 Å². The highest BCUT2D eigenvalue weighted by Gasteiger charge is 2.42. The van der Waals surface area contributed by atoms with Gasteiger partial charge in [0.15, 0.2) is 10.8 Å². The lowest BCUT2D eigenvalue weighted by Crippen LogP contribution is -2.45. The maximum absolute atomic E-state index is 12.4. The van der Waals surface area contributed by atoms with E-state index in [9.17, 15) is 10.1 Å². The molecule has 0 atom stereocenters. The number of rotatable bonds is 2. The fraction of sp³-hybridized carbons (Fsp3) is 0.500. The average Bonchev–Trinajstić information content (AvgIpc) is 2.63. The molecule has 0 bridgehead atoms. The van der Waals surface area contributed by atoms with E-state index in [4.69, 9.17) is 0 Å². The molecular weight excluding hydrogens is 262 g/mol. The van der Waals surface area contributed by atoms with Crippen LogP contribution in [0, 0.1) is 11.3 Å². The van der Waals surface area contributed by atoms with E-state index in [-0.39, 0.29) is 5.69 Å². The summed E-state index contributed by atoms with van der Waals surface area (Å²) >= 11 is 1.42. The smallest absolute Gasteiger partial charge is 0.292 e. The lowest BCUT2D eigenvalue weighted by molar-refractivity contribution is 0.216. The van der Waals surface area contributed by atoms with Gasteiger partial charge in [0.05, 0.1) is 12.3 Å². The molecule has 3 rings (SSSR count). The summed E-state index contributed by atoms with van der Waals surface area (Å²) in [6.45, 7) is 0. The number of nitriles is 1. The fourth-order valence-corrected chi connectivity index (χ4v) is 2.81. The molecule has 2 aromatic heterocycles. The van der Waals surface area contributed by atoms with E-state index in [0.717, 1.165) is 6.42 Å². The zero-order valence-corrected chi connectivity index (χ0v) is 11.6. The van der Waals surface area contributed by atoms with Gasteiger partial charge in [-0.05, 0) is 25.5 Å².